The molecule has 1 aromatic heterocycles. The van der Waals surface area contributed by atoms with E-state index in [1.54, 1.807) is 44.2 Å². The Bertz CT molecular complexity index is 901. The lowest BCUT2D eigenvalue weighted by Gasteiger charge is -2.16. The van der Waals surface area contributed by atoms with E-state index in [1.807, 2.05) is 6.92 Å². The zero-order chi connectivity index (χ0) is 19.4. The molecule has 2 N–H and O–H groups in total. The third-order valence-corrected chi connectivity index (χ3v) is 6.37. The molecule has 144 valence electrons. The van der Waals surface area contributed by atoms with Gasteiger partial charge in [-0.05, 0) is 18.6 Å². The summed E-state index contributed by atoms with van der Waals surface area (Å²) in [6.07, 6.45) is 0.582. The van der Waals surface area contributed by atoms with Gasteiger partial charge < -0.3 is 19.8 Å². The minimum absolute atomic E-state index is 0.114. The molecule has 2 heterocycles. The monoisotopic (exact) mass is 407 g/mol. The first kappa shape index (κ1) is 19.6. The Hall–Kier alpha value is -2.13. The number of ether oxygens (including phenoxy) is 2. The van der Waals surface area contributed by atoms with Crippen molar-refractivity contribution in [3.8, 4) is 11.5 Å². The molecule has 0 radical (unpaired) electrons. The number of nitrogens with one attached hydrogen (secondary N) is 2. The van der Waals surface area contributed by atoms with Crippen LogP contribution in [-0.2, 0) is 16.3 Å². The van der Waals surface area contributed by atoms with Crippen LogP contribution in [0.1, 0.15) is 24.6 Å². The van der Waals surface area contributed by atoms with Crippen molar-refractivity contribution in [2.45, 2.75) is 35.3 Å². The van der Waals surface area contributed by atoms with Crippen molar-refractivity contribution >= 4 is 35.1 Å². The summed E-state index contributed by atoms with van der Waals surface area (Å²) in [7, 11) is 3.10. The molecule has 0 fully saturated rings. The number of amides is 1. The molecule has 27 heavy (non-hydrogen) atoms. The largest absolute Gasteiger partial charge is 0.497 e. The number of H-pyrrole nitrogens is 1. The summed E-state index contributed by atoms with van der Waals surface area (Å²) < 4.78 is 10.5. The van der Waals surface area contributed by atoms with E-state index in [1.165, 1.54) is 11.8 Å². The first-order valence-electron chi connectivity index (χ1n) is 8.45. The zero-order valence-electron chi connectivity index (χ0n) is 15.3. The van der Waals surface area contributed by atoms with Gasteiger partial charge in [-0.2, -0.15) is 11.8 Å². The highest BCUT2D eigenvalue weighted by molar-refractivity contribution is 8.00. The molecule has 0 saturated carbocycles. The topological polar surface area (TPSA) is 93.3 Å². The van der Waals surface area contributed by atoms with E-state index in [0.29, 0.717) is 34.5 Å². The van der Waals surface area contributed by atoms with E-state index in [2.05, 4.69) is 15.3 Å². The summed E-state index contributed by atoms with van der Waals surface area (Å²) in [5.41, 5.74) is 1.98. The molecular weight excluding hydrogens is 386 g/mol. The third-order valence-electron chi connectivity index (χ3n) is 4.15. The normalized spacial score (nSPS) is 13.7. The van der Waals surface area contributed by atoms with Crippen molar-refractivity contribution in [1.82, 2.24) is 9.97 Å². The quantitative estimate of drug-likeness (QED) is 0.538. The number of thioether (sulfide) groups is 2. The van der Waals surface area contributed by atoms with Crippen molar-refractivity contribution < 1.29 is 14.3 Å². The fourth-order valence-corrected chi connectivity index (χ4v) is 4.63. The fourth-order valence-electron chi connectivity index (χ4n) is 2.68. The Balaban J connectivity index is 1.77. The molecule has 9 heteroatoms. The molecule has 0 saturated heterocycles. The maximum absolute atomic E-state index is 12.8. The van der Waals surface area contributed by atoms with Crippen LogP contribution in [0, 0.1) is 0 Å². The second-order valence-electron chi connectivity index (χ2n) is 5.86. The Kier molecular flexibility index (Phi) is 6.33. The van der Waals surface area contributed by atoms with Gasteiger partial charge in [-0.3, -0.25) is 9.59 Å². The summed E-state index contributed by atoms with van der Waals surface area (Å²) in [4.78, 5) is 32.3. The molecule has 7 nitrogen and oxygen atoms in total. The summed E-state index contributed by atoms with van der Waals surface area (Å²) >= 11 is 2.93. The molecule has 0 spiro atoms. The van der Waals surface area contributed by atoms with E-state index in [4.69, 9.17) is 9.47 Å². The number of anilines is 1. The van der Waals surface area contributed by atoms with Crippen molar-refractivity contribution in [3.63, 3.8) is 0 Å². The van der Waals surface area contributed by atoms with Gasteiger partial charge in [0.25, 0.3) is 5.56 Å². The van der Waals surface area contributed by atoms with Crippen LogP contribution in [0.5, 0.6) is 11.5 Å². The van der Waals surface area contributed by atoms with Gasteiger partial charge in [0.05, 0.1) is 30.9 Å². The van der Waals surface area contributed by atoms with Crippen LogP contribution in [0.15, 0.2) is 28.2 Å². The van der Waals surface area contributed by atoms with E-state index < -0.39 is 5.25 Å². The number of hydrogen-bond acceptors (Lipinski definition) is 7. The van der Waals surface area contributed by atoms with Crippen LogP contribution < -0.4 is 20.3 Å². The molecule has 1 atom stereocenters. The first-order chi connectivity index (χ1) is 13.0. The average Bonchev–Trinajstić information content (AvgIpc) is 3.15. The Labute approximate surface area is 165 Å². The molecule has 1 unspecified atom stereocenters. The first-order valence-corrected chi connectivity index (χ1v) is 10.5. The SMILES string of the molecule is CCC(Sc1nc2c(c(=O)[nH]1)CSC2)C(=O)Nc1cc(OC)ccc1OC. The van der Waals surface area contributed by atoms with Gasteiger partial charge in [-0.15, -0.1) is 0 Å². The van der Waals surface area contributed by atoms with Crippen molar-refractivity contribution in [1.29, 1.82) is 0 Å². The highest BCUT2D eigenvalue weighted by Crippen LogP contribution is 2.31. The predicted octanol–water partition coefficient (Wildman–Crippen LogP) is 3.04. The van der Waals surface area contributed by atoms with Gasteiger partial charge in [0.1, 0.15) is 11.5 Å². The minimum atomic E-state index is -0.406. The van der Waals surface area contributed by atoms with Gasteiger partial charge in [0, 0.05) is 23.1 Å². The number of aromatic amines is 1. The molecule has 2 aromatic rings. The number of rotatable bonds is 7. The van der Waals surface area contributed by atoms with Gasteiger partial charge in [-0.25, -0.2) is 4.98 Å². The summed E-state index contributed by atoms with van der Waals surface area (Å²) in [6.45, 7) is 1.92. The van der Waals surface area contributed by atoms with E-state index in [0.717, 1.165) is 17.0 Å². The fraction of sp³-hybridized carbons (Fsp3) is 0.389. The second kappa shape index (κ2) is 8.71. The Morgan fingerprint density at radius 2 is 2.19 bits per heavy atom. The minimum Gasteiger partial charge on any atom is -0.497 e. The number of fused-ring (bicyclic) bond motifs is 1. The highest BCUT2D eigenvalue weighted by Gasteiger charge is 2.23. The molecule has 1 aliphatic rings. The molecule has 0 aliphatic carbocycles. The van der Waals surface area contributed by atoms with Gasteiger partial charge in [-0.1, -0.05) is 18.7 Å². The Morgan fingerprint density at radius 3 is 2.89 bits per heavy atom. The maximum Gasteiger partial charge on any atom is 0.255 e. The molecule has 3 rings (SSSR count). The van der Waals surface area contributed by atoms with Gasteiger partial charge >= 0.3 is 0 Å². The lowest BCUT2D eigenvalue weighted by atomic mass is 10.2. The third kappa shape index (κ3) is 4.41. The number of carbonyl (C=O) groups is 1. The zero-order valence-corrected chi connectivity index (χ0v) is 17.0. The van der Waals surface area contributed by atoms with Crippen molar-refractivity contribution in [2.24, 2.45) is 0 Å². The van der Waals surface area contributed by atoms with Crippen LogP contribution in [0.3, 0.4) is 0 Å². The molecule has 0 bridgehead atoms. The highest BCUT2D eigenvalue weighted by atomic mass is 32.2. The summed E-state index contributed by atoms with van der Waals surface area (Å²) in [5, 5.41) is 2.95. The molecule has 1 aromatic carbocycles. The molecule has 1 aliphatic heterocycles. The lowest BCUT2D eigenvalue weighted by molar-refractivity contribution is -0.115. The summed E-state index contributed by atoms with van der Waals surface area (Å²) in [5.74, 6) is 2.40. The lowest BCUT2D eigenvalue weighted by Crippen LogP contribution is -2.26. The number of carbonyl (C=O) groups excluding carboxylic acids is 1. The predicted molar refractivity (Wildman–Crippen MR) is 108 cm³/mol. The van der Waals surface area contributed by atoms with Crippen LogP contribution in [0.2, 0.25) is 0 Å². The van der Waals surface area contributed by atoms with E-state index in [-0.39, 0.29) is 11.5 Å². The summed E-state index contributed by atoms with van der Waals surface area (Å²) in [6, 6.07) is 5.21. The molecular formula is C18H21N3O4S2. The maximum atomic E-state index is 12.8. The number of hydrogen-bond donors (Lipinski definition) is 2. The number of benzene rings is 1. The second-order valence-corrected chi connectivity index (χ2v) is 8.04. The average molecular weight is 408 g/mol. The number of nitrogens with zero attached hydrogens (tertiary/aromatic N) is 1. The van der Waals surface area contributed by atoms with Crippen LogP contribution in [0.25, 0.3) is 0 Å². The molecule has 1 amide bonds. The van der Waals surface area contributed by atoms with Crippen LogP contribution in [0.4, 0.5) is 5.69 Å². The Morgan fingerprint density at radius 1 is 1.37 bits per heavy atom. The standard InChI is InChI=1S/C18H21N3O4S2/c1-4-15(27-18-20-13-9-26-8-11(13)16(22)21-18)17(23)19-12-7-10(24-2)5-6-14(12)25-3/h5-7,15H,4,8-9H2,1-3H3,(H,19,23)(H,20,21,22). The van der Waals surface area contributed by atoms with Crippen molar-refractivity contribution in [3.05, 3.63) is 39.8 Å². The van der Waals surface area contributed by atoms with Gasteiger partial charge in [0.15, 0.2) is 5.16 Å². The van der Waals surface area contributed by atoms with Gasteiger partial charge in [0.2, 0.25) is 5.91 Å². The van der Waals surface area contributed by atoms with Crippen LogP contribution >= 0.6 is 23.5 Å². The van der Waals surface area contributed by atoms with Crippen LogP contribution in [-0.4, -0.2) is 35.3 Å². The number of aromatic nitrogens is 2. The van der Waals surface area contributed by atoms with E-state index >= 15 is 0 Å². The number of methoxy groups -OCH3 is 2. The van der Waals surface area contributed by atoms with E-state index in [9.17, 15) is 9.59 Å². The van der Waals surface area contributed by atoms with Crippen molar-refractivity contribution in [2.75, 3.05) is 19.5 Å². The smallest absolute Gasteiger partial charge is 0.255 e.